The van der Waals surface area contributed by atoms with Crippen LogP contribution < -0.4 is 5.32 Å². The summed E-state index contributed by atoms with van der Waals surface area (Å²) in [5, 5.41) is 18.2. The Balaban J connectivity index is 1.90. The van der Waals surface area contributed by atoms with Crippen LogP contribution in [0.15, 0.2) is 12.4 Å². The van der Waals surface area contributed by atoms with Crippen LogP contribution in [0.3, 0.4) is 0 Å². The van der Waals surface area contributed by atoms with Crippen LogP contribution in [-0.2, 0) is 12.6 Å². The topological polar surface area (TPSA) is 50.1 Å². The quantitative estimate of drug-likeness (QED) is 0.876. The second kappa shape index (κ2) is 5.63. The van der Waals surface area contributed by atoms with E-state index in [2.05, 4.69) is 24.3 Å². The van der Waals surface area contributed by atoms with Gasteiger partial charge in [-0.25, -0.2) is 0 Å². The molecule has 0 radical (unpaired) electrons. The summed E-state index contributed by atoms with van der Waals surface area (Å²) < 4.78 is 1.73. The molecule has 108 valence electrons. The maximum Gasteiger partial charge on any atom is 0.102 e. The van der Waals surface area contributed by atoms with Crippen molar-refractivity contribution in [2.45, 2.75) is 51.7 Å². The Morgan fingerprint density at radius 2 is 2.00 bits per heavy atom. The standard InChI is InChI=1S/C15H27N3O/c1-11-5-12(2)7-14(6-11)16-10-15(3,19)13-8-17-18(4)9-13/h8-9,11-12,14,16,19H,5-7,10H2,1-4H3. The summed E-state index contributed by atoms with van der Waals surface area (Å²) in [5.74, 6) is 1.56. The summed E-state index contributed by atoms with van der Waals surface area (Å²) in [6.07, 6.45) is 7.39. The average molecular weight is 265 g/mol. The molecule has 0 saturated heterocycles. The maximum absolute atomic E-state index is 10.5. The Hall–Kier alpha value is -0.870. The Bertz CT molecular complexity index is 403. The molecule has 2 N–H and O–H groups in total. The number of aliphatic hydroxyl groups is 1. The first-order chi connectivity index (χ1) is 8.87. The summed E-state index contributed by atoms with van der Waals surface area (Å²) in [4.78, 5) is 0. The zero-order valence-electron chi connectivity index (χ0n) is 12.6. The molecule has 1 aliphatic carbocycles. The van der Waals surface area contributed by atoms with Crippen molar-refractivity contribution in [2.24, 2.45) is 18.9 Å². The lowest BCUT2D eigenvalue weighted by molar-refractivity contribution is 0.0496. The van der Waals surface area contributed by atoms with E-state index in [0.29, 0.717) is 12.6 Å². The first kappa shape index (κ1) is 14.5. The molecule has 3 unspecified atom stereocenters. The lowest BCUT2D eigenvalue weighted by Gasteiger charge is -2.34. The van der Waals surface area contributed by atoms with Gasteiger partial charge in [-0.1, -0.05) is 13.8 Å². The number of hydrogen-bond acceptors (Lipinski definition) is 3. The number of hydrogen-bond donors (Lipinski definition) is 2. The fourth-order valence-corrected chi connectivity index (χ4v) is 3.26. The van der Waals surface area contributed by atoms with Gasteiger partial charge >= 0.3 is 0 Å². The van der Waals surface area contributed by atoms with Gasteiger partial charge in [0.25, 0.3) is 0 Å². The Morgan fingerprint density at radius 3 is 2.53 bits per heavy atom. The van der Waals surface area contributed by atoms with E-state index in [1.54, 1.807) is 10.9 Å². The summed E-state index contributed by atoms with van der Waals surface area (Å²) in [6, 6.07) is 0.530. The van der Waals surface area contributed by atoms with Crippen molar-refractivity contribution >= 4 is 0 Å². The van der Waals surface area contributed by atoms with Crippen molar-refractivity contribution in [3.63, 3.8) is 0 Å². The first-order valence-electron chi connectivity index (χ1n) is 7.31. The molecular weight excluding hydrogens is 238 g/mol. The Morgan fingerprint density at radius 1 is 1.37 bits per heavy atom. The van der Waals surface area contributed by atoms with Gasteiger partial charge in [0.2, 0.25) is 0 Å². The molecule has 0 amide bonds. The fourth-order valence-electron chi connectivity index (χ4n) is 3.26. The SMILES string of the molecule is CC1CC(C)CC(NCC(C)(O)c2cnn(C)c2)C1. The van der Waals surface area contributed by atoms with Gasteiger partial charge < -0.3 is 10.4 Å². The van der Waals surface area contributed by atoms with Crippen LogP contribution in [-0.4, -0.2) is 27.5 Å². The molecule has 1 fully saturated rings. The van der Waals surface area contributed by atoms with Crippen molar-refractivity contribution in [2.75, 3.05) is 6.54 Å². The third-order valence-corrected chi connectivity index (χ3v) is 4.24. The highest BCUT2D eigenvalue weighted by Gasteiger charge is 2.28. The Kier molecular flexibility index (Phi) is 4.31. The zero-order chi connectivity index (χ0) is 14.0. The average Bonchev–Trinajstić information content (AvgIpc) is 2.73. The van der Waals surface area contributed by atoms with Gasteiger partial charge in [-0.2, -0.15) is 5.10 Å². The van der Waals surface area contributed by atoms with E-state index in [4.69, 9.17) is 0 Å². The van der Waals surface area contributed by atoms with Crippen LogP contribution in [0.4, 0.5) is 0 Å². The van der Waals surface area contributed by atoms with Crippen LogP contribution in [0, 0.1) is 11.8 Å². The van der Waals surface area contributed by atoms with Crippen molar-refractivity contribution in [1.29, 1.82) is 0 Å². The molecule has 1 heterocycles. The molecule has 0 spiro atoms. The highest BCUT2D eigenvalue weighted by molar-refractivity contribution is 5.14. The highest BCUT2D eigenvalue weighted by Crippen LogP contribution is 2.29. The predicted octanol–water partition coefficient (Wildman–Crippen LogP) is 2.04. The predicted molar refractivity (Wildman–Crippen MR) is 76.7 cm³/mol. The van der Waals surface area contributed by atoms with E-state index in [0.717, 1.165) is 17.4 Å². The monoisotopic (exact) mass is 265 g/mol. The summed E-state index contributed by atoms with van der Waals surface area (Å²) in [7, 11) is 1.87. The van der Waals surface area contributed by atoms with Crippen LogP contribution in [0.2, 0.25) is 0 Å². The van der Waals surface area contributed by atoms with Gasteiger partial charge in [0, 0.05) is 31.4 Å². The minimum atomic E-state index is -0.849. The molecule has 1 saturated carbocycles. The largest absolute Gasteiger partial charge is 0.384 e. The van der Waals surface area contributed by atoms with Crippen molar-refractivity contribution in [1.82, 2.24) is 15.1 Å². The summed E-state index contributed by atoms with van der Waals surface area (Å²) in [5.41, 5.74) is 0.0254. The zero-order valence-corrected chi connectivity index (χ0v) is 12.6. The number of nitrogens with one attached hydrogen (secondary N) is 1. The lowest BCUT2D eigenvalue weighted by atomic mass is 9.80. The van der Waals surface area contributed by atoms with Crippen LogP contribution >= 0.6 is 0 Å². The third kappa shape index (κ3) is 3.80. The Labute approximate surface area is 116 Å². The molecule has 19 heavy (non-hydrogen) atoms. The van der Waals surface area contributed by atoms with Gasteiger partial charge in [0.05, 0.1) is 6.20 Å². The van der Waals surface area contributed by atoms with E-state index in [9.17, 15) is 5.11 Å². The number of rotatable bonds is 4. The van der Waals surface area contributed by atoms with E-state index >= 15 is 0 Å². The van der Waals surface area contributed by atoms with E-state index in [-0.39, 0.29) is 0 Å². The molecule has 1 aromatic rings. The molecule has 4 nitrogen and oxygen atoms in total. The number of aromatic nitrogens is 2. The first-order valence-corrected chi connectivity index (χ1v) is 7.31. The molecule has 0 aromatic carbocycles. The molecule has 0 bridgehead atoms. The lowest BCUT2D eigenvalue weighted by Crippen LogP contribution is -2.43. The molecule has 4 heteroatoms. The van der Waals surface area contributed by atoms with Crippen LogP contribution in [0.25, 0.3) is 0 Å². The van der Waals surface area contributed by atoms with E-state index in [1.165, 1.54) is 19.3 Å². The number of aryl methyl sites for hydroxylation is 1. The maximum atomic E-state index is 10.5. The van der Waals surface area contributed by atoms with Gasteiger partial charge in [0.1, 0.15) is 5.60 Å². The van der Waals surface area contributed by atoms with Gasteiger partial charge in [-0.15, -0.1) is 0 Å². The summed E-state index contributed by atoms with van der Waals surface area (Å²) in [6.45, 7) is 7.09. The molecule has 2 rings (SSSR count). The molecule has 1 aromatic heterocycles. The molecule has 1 aliphatic rings. The van der Waals surface area contributed by atoms with Gasteiger partial charge in [0.15, 0.2) is 0 Å². The molecule has 0 aliphatic heterocycles. The van der Waals surface area contributed by atoms with E-state index in [1.807, 2.05) is 20.2 Å². The number of nitrogens with zero attached hydrogens (tertiary/aromatic N) is 2. The minimum absolute atomic E-state index is 0.530. The second-order valence-corrected chi connectivity index (χ2v) is 6.67. The van der Waals surface area contributed by atoms with Crippen LogP contribution in [0.1, 0.15) is 45.6 Å². The second-order valence-electron chi connectivity index (χ2n) is 6.67. The van der Waals surface area contributed by atoms with Crippen molar-refractivity contribution in [3.8, 4) is 0 Å². The third-order valence-electron chi connectivity index (χ3n) is 4.24. The minimum Gasteiger partial charge on any atom is -0.384 e. The smallest absolute Gasteiger partial charge is 0.102 e. The molecule has 3 atom stereocenters. The van der Waals surface area contributed by atoms with Crippen LogP contribution in [0.5, 0.6) is 0 Å². The van der Waals surface area contributed by atoms with Gasteiger partial charge in [-0.05, 0) is 38.0 Å². The fraction of sp³-hybridized carbons (Fsp3) is 0.800. The summed E-state index contributed by atoms with van der Waals surface area (Å²) >= 11 is 0. The normalized spacial score (nSPS) is 31.1. The highest BCUT2D eigenvalue weighted by atomic mass is 16.3. The van der Waals surface area contributed by atoms with Gasteiger partial charge in [-0.3, -0.25) is 4.68 Å². The molecular formula is C15H27N3O. The van der Waals surface area contributed by atoms with E-state index < -0.39 is 5.60 Å². The van der Waals surface area contributed by atoms with Crippen molar-refractivity contribution < 1.29 is 5.11 Å². The van der Waals surface area contributed by atoms with Crippen molar-refractivity contribution in [3.05, 3.63) is 18.0 Å².